The molecule has 6 rings (SSSR count). The van der Waals surface area contributed by atoms with E-state index in [1.807, 2.05) is 78.9 Å². The standard InChI is InChI=1S/C27H20BN4O/c33-28-20-15-16-24-22(17-20)21-13-7-8-14-23(21)32(24)27-30-25(18-9-3-1-4-10-18)29-26(31-27)19-11-5-2-6-12-19/h1-17,22,24,33H. The van der Waals surface area contributed by atoms with Gasteiger partial charge in [0.25, 0.3) is 0 Å². The molecule has 1 aromatic heterocycles. The van der Waals surface area contributed by atoms with Crippen LogP contribution < -0.4 is 4.90 Å². The number of hydrogen-bond donors (Lipinski definition) is 1. The topological polar surface area (TPSA) is 62.1 Å². The first-order valence-electron chi connectivity index (χ1n) is 10.9. The van der Waals surface area contributed by atoms with Gasteiger partial charge in [-0.2, -0.15) is 9.97 Å². The smallest absolute Gasteiger partial charge is 0.326 e. The highest BCUT2D eigenvalue weighted by Gasteiger charge is 2.39. The van der Waals surface area contributed by atoms with Crippen LogP contribution in [0.25, 0.3) is 22.8 Å². The lowest BCUT2D eigenvalue weighted by Crippen LogP contribution is -2.31. The fourth-order valence-electron chi connectivity index (χ4n) is 4.59. The van der Waals surface area contributed by atoms with E-state index in [1.54, 1.807) is 0 Å². The number of rotatable bonds is 4. The summed E-state index contributed by atoms with van der Waals surface area (Å²) in [6.45, 7) is 0. The highest BCUT2D eigenvalue weighted by molar-refractivity contribution is 6.37. The van der Waals surface area contributed by atoms with Crippen molar-refractivity contribution in [2.45, 2.75) is 12.0 Å². The van der Waals surface area contributed by atoms with Gasteiger partial charge >= 0.3 is 7.48 Å². The Kier molecular flexibility index (Phi) is 4.85. The molecular formula is C27H20BN4O. The minimum absolute atomic E-state index is 0.0146. The normalized spacial score (nSPS) is 18.5. The lowest BCUT2D eigenvalue weighted by atomic mass is 9.78. The lowest BCUT2D eigenvalue weighted by molar-refractivity contribution is 0.610. The van der Waals surface area contributed by atoms with E-state index in [1.165, 1.54) is 5.56 Å². The van der Waals surface area contributed by atoms with Crippen molar-refractivity contribution in [2.24, 2.45) is 0 Å². The summed E-state index contributed by atoms with van der Waals surface area (Å²) < 4.78 is 0. The first-order valence-corrected chi connectivity index (χ1v) is 10.9. The van der Waals surface area contributed by atoms with E-state index in [0.717, 1.165) is 29.8 Å². The Morgan fingerprint density at radius 1 is 0.727 bits per heavy atom. The van der Waals surface area contributed by atoms with Gasteiger partial charge in [-0.25, -0.2) is 4.98 Å². The van der Waals surface area contributed by atoms with E-state index < -0.39 is 0 Å². The molecule has 1 N–H and O–H groups in total. The maximum absolute atomic E-state index is 9.58. The summed E-state index contributed by atoms with van der Waals surface area (Å²) in [6, 6.07) is 28.3. The summed E-state index contributed by atoms with van der Waals surface area (Å²) in [4.78, 5) is 16.9. The van der Waals surface area contributed by atoms with Crippen LogP contribution in [0.15, 0.2) is 109 Å². The molecule has 0 fully saturated rings. The van der Waals surface area contributed by atoms with Crippen LogP contribution in [0.2, 0.25) is 0 Å². The molecule has 2 atom stereocenters. The van der Waals surface area contributed by atoms with Gasteiger partial charge in [0, 0.05) is 22.7 Å². The quantitative estimate of drug-likeness (QED) is 0.471. The molecule has 3 aromatic carbocycles. The zero-order valence-electron chi connectivity index (χ0n) is 17.8. The summed E-state index contributed by atoms with van der Waals surface area (Å²) in [6.07, 6.45) is 6.15. The molecule has 4 aromatic rings. The number of para-hydroxylation sites is 1. The van der Waals surface area contributed by atoms with Crippen LogP contribution in [0.5, 0.6) is 0 Å². The number of allylic oxidation sites excluding steroid dienone is 2. The Labute approximate surface area is 193 Å². The van der Waals surface area contributed by atoms with E-state index >= 15 is 0 Å². The maximum Gasteiger partial charge on any atom is 0.326 e. The van der Waals surface area contributed by atoms with Crippen LogP contribution in [0.4, 0.5) is 11.6 Å². The average Bonchev–Trinajstić information content (AvgIpc) is 3.23. The zero-order valence-corrected chi connectivity index (χ0v) is 17.8. The van der Waals surface area contributed by atoms with Crippen molar-refractivity contribution in [3.63, 3.8) is 0 Å². The van der Waals surface area contributed by atoms with Crippen LogP contribution in [0.1, 0.15) is 11.5 Å². The summed E-state index contributed by atoms with van der Waals surface area (Å²) in [5.41, 5.74) is 4.95. The van der Waals surface area contributed by atoms with E-state index in [4.69, 9.17) is 15.0 Å². The molecule has 1 radical (unpaired) electrons. The van der Waals surface area contributed by atoms with Gasteiger partial charge in [-0.05, 0) is 11.6 Å². The van der Waals surface area contributed by atoms with Gasteiger partial charge in [-0.3, -0.25) is 0 Å². The van der Waals surface area contributed by atoms with Gasteiger partial charge in [0.05, 0.1) is 6.04 Å². The molecule has 0 saturated carbocycles. The van der Waals surface area contributed by atoms with Gasteiger partial charge in [0.15, 0.2) is 11.6 Å². The van der Waals surface area contributed by atoms with Crippen molar-refractivity contribution in [3.05, 3.63) is 114 Å². The highest BCUT2D eigenvalue weighted by Crippen LogP contribution is 2.47. The number of anilines is 2. The maximum atomic E-state index is 9.58. The van der Waals surface area contributed by atoms with Crippen LogP contribution >= 0.6 is 0 Å². The second-order valence-electron chi connectivity index (χ2n) is 8.11. The van der Waals surface area contributed by atoms with Crippen molar-refractivity contribution >= 4 is 19.1 Å². The third-order valence-electron chi connectivity index (χ3n) is 6.13. The second-order valence-corrected chi connectivity index (χ2v) is 8.11. The molecule has 2 aliphatic rings. The zero-order chi connectivity index (χ0) is 22.2. The van der Waals surface area contributed by atoms with Crippen molar-refractivity contribution < 1.29 is 5.02 Å². The van der Waals surface area contributed by atoms with Crippen molar-refractivity contribution in [1.82, 2.24) is 15.0 Å². The molecule has 5 nitrogen and oxygen atoms in total. The molecular weight excluding hydrogens is 407 g/mol. The number of benzene rings is 3. The molecule has 157 valence electrons. The van der Waals surface area contributed by atoms with E-state index in [0.29, 0.717) is 17.6 Å². The molecule has 6 heteroatoms. The van der Waals surface area contributed by atoms with E-state index in [-0.39, 0.29) is 12.0 Å². The van der Waals surface area contributed by atoms with Gasteiger partial charge in [-0.15, -0.1) is 0 Å². The molecule has 2 unspecified atom stereocenters. The predicted octanol–water partition coefficient (Wildman–Crippen LogP) is 4.87. The monoisotopic (exact) mass is 427 g/mol. The minimum Gasteiger partial charge on any atom is -0.450 e. The number of nitrogens with zero attached hydrogens (tertiary/aromatic N) is 4. The number of aromatic nitrogens is 3. The molecule has 0 spiro atoms. The number of hydrogen-bond acceptors (Lipinski definition) is 5. The largest absolute Gasteiger partial charge is 0.450 e. The van der Waals surface area contributed by atoms with Crippen LogP contribution in [0, 0.1) is 0 Å². The molecule has 0 bridgehead atoms. The van der Waals surface area contributed by atoms with Crippen LogP contribution in [-0.2, 0) is 0 Å². The third kappa shape index (κ3) is 3.45. The SMILES string of the molecule is O[B]C1=CC2c3ccccc3N(c3nc(-c4ccccc4)nc(-c4ccccc4)n3)C2C=C1. The van der Waals surface area contributed by atoms with E-state index in [9.17, 15) is 5.02 Å². The Morgan fingerprint density at radius 2 is 1.33 bits per heavy atom. The fourth-order valence-corrected chi connectivity index (χ4v) is 4.59. The molecule has 1 aliphatic carbocycles. The molecule has 2 heterocycles. The molecule has 0 saturated heterocycles. The predicted molar refractivity (Wildman–Crippen MR) is 131 cm³/mol. The van der Waals surface area contributed by atoms with Crippen LogP contribution in [-0.4, -0.2) is 33.5 Å². The minimum atomic E-state index is 0.0146. The molecule has 0 amide bonds. The van der Waals surface area contributed by atoms with E-state index in [2.05, 4.69) is 29.2 Å². The molecule has 1 aliphatic heterocycles. The summed E-state index contributed by atoms with van der Waals surface area (Å²) in [7, 11) is 1.15. The van der Waals surface area contributed by atoms with Crippen molar-refractivity contribution in [3.8, 4) is 22.8 Å². The average molecular weight is 427 g/mol. The summed E-state index contributed by atoms with van der Waals surface area (Å²) in [5, 5.41) is 9.58. The second kappa shape index (κ2) is 8.15. The van der Waals surface area contributed by atoms with Crippen molar-refractivity contribution in [1.29, 1.82) is 0 Å². The number of fused-ring (bicyclic) bond motifs is 3. The first-order chi connectivity index (χ1) is 16.3. The summed E-state index contributed by atoms with van der Waals surface area (Å²) in [5.74, 6) is 1.99. The summed E-state index contributed by atoms with van der Waals surface area (Å²) >= 11 is 0. The molecule has 33 heavy (non-hydrogen) atoms. The van der Waals surface area contributed by atoms with Gasteiger partial charge in [0.1, 0.15) is 0 Å². The lowest BCUT2D eigenvalue weighted by Gasteiger charge is -2.28. The Balaban J connectivity index is 1.55. The van der Waals surface area contributed by atoms with Crippen LogP contribution in [0.3, 0.4) is 0 Å². The Morgan fingerprint density at radius 3 is 1.97 bits per heavy atom. The van der Waals surface area contributed by atoms with Gasteiger partial charge in [0.2, 0.25) is 5.95 Å². The van der Waals surface area contributed by atoms with Crippen molar-refractivity contribution in [2.75, 3.05) is 4.90 Å². The fraction of sp³-hybridized carbons (Fsp3) is 0.0741. The van der Waals surface area contributed by atoms with Gasteiger partial charge in [-0.1, -0.05) is 103 Å². The Hall–Kier alpha value is -4.03. The third-order valence-corrected chi connectivity index (χ3v) is 6.13. The Bertz CT molecular complexity index is 1310. The first kappa shape index (κ1) is 19.6. The van der Waals surface area contributed by atoms with Gasteiger partial charge < -0.3 is 9.92 Å². The highest BCUT2D eigenvalue weighted by atomic mass is 16.2.